The van der Waals surface area contributed by atoms with Gasteiger partial charge in [-0.1, -0.05) is 6.07 Å². The topological polar surface area (TPSA) is 63.1 Å². The molecule has 1 N–H and O–H groups in total. The first-order chi connectivity index (χ1) is 10.5. The zero-order chi connectivity index (χ0) is 15.7. The van der Waals surface area contributed by atoms with Gasteiger partial charge in [-0.15, -0.1) is 0 Å². The zero-order valence-electron chi connectivity index (χ0n) is 11.4. The summed E-state index contributed by atoms with van der Waals surface area (Å²) in [5, 5.41) is 0. The Morgan fingerprint density at radius 3 is 2.41 bits per heavy atom. The minimum atomic E-state index is -0.710. The third kappa shape index (κ3) is 3.11. The molecule has 0 fully saturated rings. The van der Waals surface area contributed by atoms with Gasteiger partial charge < -0.3 is 4.42 Å². The molecule has 0 radical (unpaired) electrons. The molecule has 3 aromatic rings. The van der Waals surface area contributed by atoms with Crippen LogP contribution in [0.1, 0.15) is 11.1 Å². The lowest BCUT2D eigenvalue weighted by Gasteiger charge is -2.03. The first kappa shape index (κ1) is 14.2. The van der Waals surface area contributed by atoms with Gasteiger partial charge in [-0.25, -0.2) is 13.6 Å². The number of benzene rings is 2. The van der Waals surface area contributed by atoms with Gasteiger partial charge in [-0.05, 0) is 35.4 Å². The molecule has 0 unspecified atom stereocenters. The summed E-state index contributed by atoms with van der Waals surface area (Å²) in [4.78, 5) is 25.6. The number of carbonyl (C=O) groups excluding carboxylic acids is 1. The van der Waals surface area contributed by atoms with E-state index in [-0.39, 0.29) is 24.2 Å². The van der Waals surface area contributed by atoms with Crippen molar-refractivity contribution < 1.29 is 18.0 Å². The van der Waals surface area contributed by atoms with Crippen LogP contribution in [0.4, 0.5) is 8.78 Å². The second-order valence-electron chi connectivity index (χ2n) is 5.01. The molecule has 0 atom stereocenters. The Morgan fingerprint density at radius 1 is 1.00 bits per heavy atom. The number of hydrogen-bond donors (Lipinski definition) is 1. The van der Waals surface area contributed by atoms with Crippen LogP contribution in [0, 0.1) is 11.6 Å². The second kappa shape index (κ2) is 5.55. The normalized spacial score (nSPS) is 11.0. The third-order valence-corrected chi connectivity index (χ3v) is 3.21. The fraction of sp³-hybridized carbons (Fsp3) is 0.125. The van der Waals surface area contributed by atoms with Crippen molar-refractivity contribution in [2.75, 3.05) is 0 Å². The van der Waals surface area contributed by atoms with Crippen molar-refractivity contribution in [3.8, 4) is 0 Å². The predicted molar refractivity (Wildman–Crippen MR) is 75.6 cm³/mol. The molecule has 22 heavy (non-hydrogen) atoms. The van der Waals surface area contributed by atoms with E-state index < -0.39 is 17.4 Å². The quantitative estimate of drug-likeness (QED) is 0.806. The summed E-state index contributed by atoms with van der Waals surface area (Å²) in [6.45, 7) is 0. The molecule has 0 saturated heterocycles. The molecule has 6 heteroatoms. The van der Waals surface area contributed by atoms with Crippen molar-refractivity contribution in [1.29, 1.82) is 0 Å². The van der Waals surface area contributed by atoms with Crippen molar-refractivity contribution in [3.05, 3.63) is 69.7 Å². The lowest BCUT2D eigenvalue weighted by molar-refractivity contribution is -0.117. The number of ketones is 1. The Morgan fingerprint density at radius 2 is 1.68 bits per heavy atom. The van der Waals surface area contributed by atoms with Crippen LogP contribution < -0.4 is 5.76 Å². The molecular formula is C16H11F2NO3. The average Bonchev–Trinajstić information content (AvgIpc) is 2.76. The van der Waals surface area contributed by atoms with Gasteiger partial charge in [0.1, 0.15) is 17.4 Å². The molecule has 4 nitrogen and oxygen atoms in total. The van der Waals surface area contributed by atoms with Crippen LogP contribution in [0.5, 0.6) is 0 Å². The Labute approximate surface area is 123 Å². The maximum absolute atomic E-state index is 13.1. The predicted octanol–water partition coefficient (Wildman–Crippen LogP) is 2.75. The van der Waals surface area contributed by atoms with E-state index in [0.717, 1.165) is 18.2 Å². The van der Waals surface area contributed by atoms with E-state index in [2.05, 4.69) is 4.98 Å². The number of halogens is 2. The highest BCUT2D eigenvalue weighted by Gasteiger charge is 2.09. The Bertz CT molecular complexity index is 891. The largest absolute Gasteiger partial charge is 0.417 e. The fourth-order valence-electron chi connectivity index (χ4n) is 2.33. The number of nitrogens with one attached hydrogen (secondary N) is 1. The number of Topliss-reactive ketones (excluding diaryl/α,β-unsaturated/α-hetero) is 1. The van der Waals surface area contributed by atoms with Gasteiger partial charge in [-0.2, -0.15) is 0 Å². The summed E-state index contributed by atoms with van der Waals surface area (Å²) in [6, 6.07) is 7.96. The van der Waals surface area contributed by atoms with Crippen LogP contribution in [-0.4, -0.2) is 10.8 Å². The van der Waals surface area contributed by atoms with E-state index in [1.54, 1.807) is 18.2 Å². The SMILES string of the molecule is O=C(Cc1cc(F)cc(F)c1)Cc1ccc2[nH]c(=O)oc2c1. The first-order valence-corrected chi connectivity index (χ1v) is 6.58. The number of aromatic nitrogens is 1. The van der Waals surface area contributed by atoms with E-state index >= 15 is 0 Å². The summed E-state index contributed by atoms with van der Waals surface area (Å²) in [5.74, 6) is -2.17. The number of H-pyrrole nitrogens is 1. The van der Waals surface area contributed by atoms with E-state index in [0.29, 0.717) is 16.7 Å². The highest BCUT2D eigenvalue weighted by atomic mass is 19.1. The fourth-order valence-corrected chi connectivity index (χ4v) is 2.33. The van der Waals surface area contributed by atoms with Crippen LogP contribution in [-0.2, 0) is 17.6 Å². The smallest absolute Gasteiger partial charge is 0.408 e. The molecule has 3 rings (SSSR count). The average molecular weight is 303 g/mol. The van der Waals surface area contributed by atoms with Crippen molar-refractivity contribution in [3.63, 3.8) is 0 Å². The molecule has 112 valence electrons. The van der Waals surface area contributed by atoms with Gasteiger partial charge in [0.2, 0.25) is 0 Å². The molecule has 0 spiro atoms. The Balaban J connectivity index is 1.76. The minimum absolute atomic E-state index is 0.0657. The van der Waals surface area contributed by atoms with Gasteiger partial charge in [0.25, 0.3) is 0 Å². The minimum Gasteiger partial charge on any atom is -0.408 e. The molecule has 1 heterocycles. The third-order valence-electron chi connectivity index (χ3n) is 3.21. The summed E-state index contributed by atoms with van der Waals surface area (Å²) in [7, 11) is 0. The number of fused-ring (bicyclic) bond motifs is 1. The number of oxazole rings is 1. The zero-order valence-corrected chi connectivity index (χ0v) is 11.4. The second-order valence-corrected chi connectivity index (χ2v) is 5.01. The summed E-state index contributed by atoms with van der Waals surface area (Å²) >= 11 is 0. The van der Waals surface area contributed by atoms with Gasteiger partial charge in [0.15, 0.2) is 5.58 Å². The molecule has 0 aliphatic heterocycles. The molecule has 0 saturated carbocycles. The Hall–Kier alpha value is -2.76. The number of carbonyl (C=O) groups is 1. The van der Waals surface area contributed by atoms with Gasteiger partial charge in [-0.3, -0.25) is 9.78 Å². The summed E-state index contributed by atoms with van der Waals surface area (Å²) in [5.41, 5.74) is 1.87. The van der Waals surface area contributed by atoms with Gasteiger partial charge in [0, 0.05) is 18.9 Å². The van der Waals surface area contributed by atoms with Crippen LogP contribution in [0.15, 0.2) is 45.6 Å². The standard InChI is InChI=1S/C16H11F2NO3/c17-11-3-10(4-12(18)8-11)6-13(20)5-9-1-2-14-15(7-9)22-16(21)19-14/h1-4,7-8H,5-6H2,(H,19,21). The maximum atomic E-state index is 13.1. The number of aromatic amines is 1. The molecular weight excluding hydrogens is 292 g/mol. The molecule has 0 aliphatic carbocycles. The molecule has 1 aromatic heterocycles. The first-order valence-electron chi connectivity index (χ1n) is 6.58. The van der Waals surface area contributed by atoms with Crippen molar-refractivity contribution in [1.82, 2.24) is 4.98 Å². The van der Waals surface area contributed by atoms with Gasteiger partial charge in [0.05, 0.1) is 5.52 Å². The van der Waals surface area contributed by atoms with Crippen LogP contribution in [0.2, 0.25) is 0 Å². The van der Waals surface area contributed by atoms with E-state index in [9.17, 15) is 18.4 Å². The molecule has 2 aromatic carbocycles. The van der Waals surface area contributed by atoms with E-state index in [4.69, 9.17) is 4.42 Å². The van der Waals surface area contributed by atoms with E-state index in [1.165, 1.54) is 0 Å². The highest BCUT2D eigenvalue weighted by Crippen LogP contribution is 2.14. The number of hydrogen-bond acceptors (Lipinski definition) is 3. The van der Waals surface area contributed by atoms with Crippen LogP contribution >= 0.6 is 0 Å². The summed E-state index contributed by atoms with van der Waals surface area (Å²) < 4.78 is 31.1. The monoisotopic (exact) mass is 303 g/mol. The van der Waals surface area contributed by atoms with Crippen molar-refractivity contribution >= 4 is 16.9 Å². The lowest BCUT2D eigenvalue weighted by Crippen LogP contribution is -2.07. The van der Waals surface area contributed by atoms with Crippen molar-refractivity contribution in [2.45, 2.75) is 12.8 Å². The van der Waals surface area contributed by atoms with Crippen LogP contribution in [0.3, 0.4) is 0 Å². The molecule has 0 aliphatic rings. The van der Waals surface area contributed by atoms with Crippen LogP contribution in [0.25, 0.3) is 11.1 Å². The van der Waals surface area contributed by atoms with Crippen molar-refractivity contribution in [2.24, 2.45) is 0 Å². The number of rotatable bonds is 4. The molecule has 0 amide bonds. The Kier molecular flexibility index (Phi) is 3.58. The highest BCUT2D eigenvalue weighted by molar-refractivity contribution is 5.84. The maximum Gasteiger partial charge on any atom is 0.417 e. The van der Waals surface area contributed by atoms with E-state index in [1.807, 2.05) is 0 Å². The summed E-state index contributed by atoms with van der Waals surface area (Å²) in [6.07, 6.45) is 0.0206. The molecule has 0 bridgehead atoms. The van der Waals surface area contributed by atoms with Gasteiger partial charge >= 0.3 is 5.76 Å². The lowest BCUT2D eigenvalue weighted by atomic mass is 10.0.